The van der Waals surface area contributed by atoms with E-state index in [0.29, 0.717) is 39.8 Å². The van der Waals surface area contributed by atoms with E-state index < -0.39 is 0 Å². The van der Waals surface area contributed by atoms with E-state index in [1.54, 1.807) is 43.5 Å². The molecule has 0 aliphatic heterocycles. The van der Waals surface area contributed by atoms with Crippen molar-refractivity contribution in [2.75, 3.05) is 0 Å². The van der Waals surface area contributed by atoms with E-state index >= 15 is 0 Å². The quantitative estimate of drug-likeness (QED) is 0.755. The lowest BCUT2D eigenvalue weighted by atomic mass is 10.00. The van der Waals surface area contributed by atoms with Crippen molar-refractivity contribution in [3.8, 4) is 5.75 Å². The molecular weight excluding hydrogens is 379 g/mol. The molecule has 1 N–H and O–H groups in total. The molecule has 2 fully saturated rings. The highest BCUT2D eigenvalue weighted by molar-refractivity contribution is 6.30. The third-order valence-electron chi connectivity index (χ3n) is 6.12. The van der Waals surface area contributed by atoms with Gasteiger partial charge in [0.1, 0.15) is 0 Å². The second kappa shape index (κ2) is 7.70. The van der Waals surface area contributed by atoms with E-state index in [4.69, 9.17) is 16.3 Å². The Bertz CT molecular complexity index is 861. The third kappa shape index (κ3) is 3.72. The fourth-order valence-electron chi connectivity index (χ4n) is 4.65. The number of aromatic nitrogens is 1. The minimum absolute atomic E-state index is 0.0343. The first-order chi connectivity index (χ1) is 13.5. The molecule has 0 unspecified atom stereocenters. The molecule has 2 aliphatic rings. The average molecular weight is 403 g/mol. The molecule has 1 aromatic heterocycles. The Morgan fingerprint density at radius 3 is 2.61 bits per heavy atom. The van der Waals surface area contributed by atoms with Gasteiger partial charge in [-0.3, -0.25) is 9.78 Å². The number of rotatable bonds is 6. The number of benzene rings is 1. The SMILES string of the molecule is CC[C@H](NC(=O)c1ccc(Cl)cc1)C1[C@H]2CC(Oc3ccnc(C)c3F)C[C@H]12. The highest BCUT2D eigenvalue weighted by atomic mass is 35.5. The van der Waals surface area contributed by atoms with Gasteiger partial charge in [0.15, 0.2) is 11.6 Å². The summed E-state index contributed by atoms with van der Waals surface area (Å²) in [6, 6.07) is 8.68. The highest BCUT2D eigenvalue weighted by Crippen LogP contribution is 2.60. The van der Waals surface area contributed by atoms with E-state index in [0.717, 1.165) is 19.3 Å². The molecule has 28 heavy (non-hydrogen) atoms. The number of carbonyl (C=O) groups is 1. The molecule has 0 bridgehead atoms. The van der Waals surface area contributed by atoms with Crippen molar-refractivity contribution in [2.45, 2.75) is 45.3 Å². The molecule has 2 aliphatic carbocycles. The summed E-state index contributed by atoms with van der Waals surface area (Å²) in [6.45, 7) is 3.74. The second-order valence-corrected chi connectivity index (χ2v) is 8.26. The lowest BCUT2D eigenvalue weighted by Crippen LogP contribution is -2.37. The minimum Gasteiger partial charge on any atom is -0.487 e. The number of hydrogen-bond donors (Lipinski definition) is 1. The number of amides is 1. The van der Waals surface area contributed by atoms with Crippen LogP contribution in [0.2, 0.25) is 5.02 Å². The maximum atomic E-state index is 14.1. The maximum absolute atomic E-state index is 14.1. The molecule has 2 aromatic rings. The molecule has 1 aromatic carbocycles. The Morgan fingerprint density at radius 2 is 1.96 bits per heavy atom. The number of nitrogens with zero attached hydrogens (tertiary/aromatic N) is 1. The van der Waals surface area contributed by atoms with Gasteiger partial charge >= 0.3 is 0 Å². The third-order valence-corrected chi connectivity index (χ3v) is 6.37. The van der Waals surface area contributed by atoms with Crippen LogP contribution in [-0.4, -0.2) is 23.0 Å². The maximum Gasteiger partial charge on any atom is 0.251 e. The summed E-state index contributed by atoms with van der Waals surface area (Å²) in [5, 5.41) is 3.80. The Morgan fingerprint density at radius 1 is 1.29 bits per heavy atom. The fraction of sp³-hybridized carbons (Fsp3) is 0.455. The number of halogens is 2. The predicted molar refractivity (Wildman–Crippen MR) is 106 cm³/mol. The van der Waals surface area contributed by atoms with Gasteiger partial charge in [0.05, 0.1) is 11.8 Å². The van der Waals surface area contributed by atoms with Crippen LogP contribution in [0.25, 0.3) is 0 Å². The van der Waals surface area contributed by atoms with Crippen LogP contribution in [0.15, 0.2) is 36.5 Å². The molecule has 4 rings (SSSR count). The van der Waals surface area contributed by atoms with Crippen molar-refractivity contribution in [3.63, 3.8) is 0 Å². The van der Waals surface area contributed by atoms with Gasteiger partial charge in [-0.2, -0.15) is 0 Å². The zero-order valence-corrected chi connectivity index (χ0v) is 16.7. The van der Waals surface area contributed by atoms with E-state index in [9.17, 15) is 9.18 Å². The van der Waals surface area contributed by atoms with Crippen molar-refractivity contribution >= 4 is 17.5 Å². The van der Waals surface area contributed by atoms with Gasteiger partial charge in [-0.1, -0.05) is 18.5 Å². The standard InChI is InChI=1S/C22H24ClFN2O2/c1-3-18(26-22(27)13-4-6-14(23)7-5-13)20-16-10-15(11-17(16)20)28-19-8-9-25-12(2)21(19)24/h4-9,15-18,20H,3,10-11H2,1-2H3,(H,26,27)/t15?,16-,17-,18-,20?/m0/s1. The Hall–Kier alpha value is -2.14. The van der Waals surface area contributed by atoms with E-state index in [2.05, 4.69) is 17.2 Å². The number of ether oxygens (including phenoxy) is 1. The topological polar surface area (TPSA) is 51.2 Å². The van der Waals surface area contributed by atoms with Gasteiger partial charge in [-0.25, -0.2) is 4.39 Å². The fourth-order valence-corrected chi connectivity index (χ4v) is 4.78. The molecule has 2 saturated carbocycles. The lowest BCUT2D eigenvalue weighted by Gasteiger charge is -2.22. The van der Waals surface area contributed by atoms with Crippen molar-refractivity contribution in [1.29, 1.82) is 0 Å². The number of aryl methyl sites for hydroxylation is 1. The van der Waals surface area contributed by atoms with Crippen LogP contribution in [0, 0.1) is 30.5 Å². The number of fused-ring (bicyclic) bond motifs is 1. The molecule has 4 nitrogen and oxygen atoms in total. The summed E-state index contributed by atoms with van der Waals surface area (Å²) in [5.41, 5.74) is 0.980. The number of nitrogens with one attached hydrogen (secondary N) is 1. The van der Waals surface area contributed by atoms with Crippen molar-refractivity contribution < 1.29 is 13.9 Å². The Kier molecular flexibility index (Phi) is 5.28. The van der Waals surface area contributed by atoms with Crippen molar-refractivity contribution in [3.05, 3.63) is 58.6 Å². The lowest BCUT2D eigenvalue weighted by molar-refractivity contribution is 0.0924. The van der Waals surface area contributed by atoms with Gasteiger partial charge in [-0.05, 0) is 68.2 Å². The summed E-state index contributed by atoms with van der Waals surface area (Å²) in [6.07, 6.45) is 4.31. The summed E-state index contributed by atoms with van der Waals surface area (Å²) in [7, 11) is 0. The Labute approximate surface area is 169 Å². The molecule has 0 radical (unpaired) electrons. The normalized spacial score (nSPS) is 24.5. The molecule has 6 heteroatoms. The summed E-state index contributed by atoms with van der Waals surface area (Å²) in [4.78, 5) is 16.5. The van der Waals surface area contributed by atoms with Gasteiger partial charge < -0.3 is 10.1 Å². The molecule has 1 amide bonds. The first kappa shape index (κ1) is 19.2. The minimum atomic E-state index is -0.374. The van der Waals surface area contributed by atoms with E-state index in [1.807, 2.05) is 0 Å². The molecule has 0 spiro atoms. The number of carbonyl (C=O) groups excluding carboxylic acids is 1. The van der Waals surface area contributed by atoms with Gasteiger partial charge in [-0.15, -0.1) is 0 Å². The van der Waals surface area contributed by atoms with Crippen LogP contribution in [0.5, 0.6) is 5.75 Å². The largest absolute Gasteiger partial charge is 0.487 e. The molecular formula is C22H24ClFN2O2. The van der Waals surface area contributed by atoms with Crippen molar-refractivity contribution in [1.82, 2.24) is 10.3 Å². The van der Waals surface area contributed by atoms with Gasteiger partial charge in [0, 0.05) is 28.9 Å². The molecule has 148 valence electrons. The number of hydrogen-bond acceptors (Lipinski definition) is 3. The Balaban J connectivity index is 1.33. The van der Waals surface area contributed by atoms with Crippen LogP contribution in [0.3, 0.4) is 0 Å². The van der Waals surface area contributed by atoms with E-state index in [-0.39, 0.29) is 23.9 Å². The average Bonchev–Trinajstić information content (AvgIpc) is 3.17. The van der Waals surface area contributed by atoms with Crippen LogP contribution in [-0.2, 0) is 0 Å². The zero-order chi connectivity index (χ0) is 19.8. The smallest absolute Gasteiger partial charge is 0.251 e. The highest BCUT2D eigenvalue weighted by Gasteiger charge is 2.59. The zero-order valence-electron chi connectivity index (χ0n) is 16.0. The first-order valence-corrected chi connectivity index (χ1v) is 10.2. The monoisotopic (exact) mass is 402 g/mol. The first-order valence-electron chi connectivity index (χ1n) is 9.82. The molecule has 1 heterocycles. The predicted octanol–water partition coefficient (Wildman–Crippen LogP) is 4.79. The summed E-state index contributed by atoms with van der Waals surface area (Å²) >= 11 is 5.89. The van der Waals surface area contributed by atoms with Gasteiger partial charge in [0.2, 0.25) is 0 Å². The second-order valence-electron chi connectivity index (χ2n) is 7.82. The summed E-state index contributed by atoms with van der Waals surface area (Å²) < 4.78 is 20.0. The van der Waals surface area contributed by atoms with E-state index in [1.165, 1.54) is 0 Å². The van der Waals surface area contributed by atoms with Crippen LogP contribution in [0.4, 0.5) is 4.39 Å². The summed E-state index contributed by atoms with van der Waals surface area (Å²) in [5.74, 6) is 1.40. The molecule has 0 saturated heterocycles. The van der Waals surface area contributed by atoms with Crippen LogP contribution in [0.1, 0.15) is 42.2 Å². The van der Waals surface area contributed by atoms with Crippen LogP contribution < -0.4 is 10.1 Å². The van der Waals surface area contributed by atoms with Gasteiger partial charge in [0.25, 0.3) is 5.91 Å². The van der Waals surface area contributed by atoms with Crippen LogP contribution >= 0.6 is 11.6 Å². The van der Waals surface area contributed by atoms with Crippen molar-refractivity contribution in [2.24, 2.45) is 17.8 Å². The number of pyridine rings is 1. The molecule has 3 atom stereocenters.